The van der Waals surface area contributed by atoms with Gasteiger partial charge in [0.25, 0.3) is 0 Å². The summed E-state index contributed by atoms with van der Waals surface area (Å²) in [5.41, 5.74) is 4.34. The summed E-state index contributed by atoms with van der Waals surface area (Å²) in [5, 5.41) is 3.70. The minimum absolute atomic E-state index is 0.0114. The van der Waals surface area contributed by atoms with E-state index in [2.05, 4.69) is 10.1 Å². The Morgan fingerprint density at radius 2 is 2.00 bits per heavy atom. The Morgan fingerprint density at radius 3 is 2.72 bits per heavy atom. The quantitative estimate of drug-likeness (QED) is 0.582. The second kappa shape index (κ2) is 7.40. The SMILES string of the molecule is N[C@@H](CC(=O)N1CCC[C@H]1c1nc(C2(F)CC2)no1)Cc1cc(F)c(F)cc1F. The molecule has 2 heterocycles. The number of rotatable bonds is 6. The lowest BCUT2D eigenvalue weighted by atomic mass is 10.0. The van der Waals surface area contributed by atoms with Gasteiger partial charge in [-0.05, 0) is 43.7 Å². The van der Waals surface area contributed by atoms with Gasteiger partial charge in [0.05, 0.1) is 0 Å². The maximum absolute atomic E-state index is 14.1. The van der Waals surface area contributed by atoms with Gasteiger partial charge < -0.3 is 15.2 Å². The van der Waals surface area contributed by atoms with Crippen molar-refractivity contribution in [1.29, 1.82) is 0 Å². The van der Waals surface area contributed by atoms with Crippen LogP contribution in [0, 0.1) is 17.5 Å². The summed E-state index contributed by atoms with van der Waals surface area (Å²) >= 11 is 0. The third-order valence-electron chi connectivity index (χ3n) is 5.40. The molecule has 0 bridgehead atoms. The smallest absolute Gasteiger partial charge is 0.249 e. The molecule has 156 valence electrons. The number of amides is 1. The van der Waals surface area contributed by atoms with Gasteiger partial charge in [0.1, 0.15) is 11.9 Å². The molecule has 1 amide bonds. The third-order valence-corrected chi connectivity index (χ3v) is 5.40. The zero-order valence-corrected chi connectivity index (χ0v) is 15.5. The van der Waals surface area contributed by atoms with E-state index in [0.29, 0.717) is 38.3 Å². The van der Waals surface area contributed by atoms with Crippen LogP contribution in [0.1, 0.15) is 55.4 Å². The fraction of sp³-hybridized carbons (Fsp3) is 0.526. The van der Waals surface area contributed by atoms with E-state index in [1.807, 2.05) is 0 Å². The number of nitrogens with two attached hydrogens (primary N) is 1. The molecule has 0 spiro atoms. The van der Waals surface area contributed by atoms with Crippen LogP contribution in [0.4, 0.5) is 17.6 Å². The second-order valence-corrected chi connectivity index (χ2v) is 7.69. The Hall–Kier alpha value is -2.49. The summed E-state index contributed by atoms with van der Waals surface area (Å²) < 4.78 is 59.5. The van der Waals surface area contributed by atoms with E-state index in [1.165, 1.54) is 4.90 Å². The highest BCUT2D eigenvalue weighted by Gasteiger charge is 2.50. The first-order chi connectivity index (χ1) is 13.8. The van der Waals surface area contributed by atoms with Gasteiger partial charge in [0.15, 0.2) is 17.3 Å². The van der Waals surface area contributed by atoms with Crippen LogP contribution < -0.4 is 5.73 Å². The molecule has 2 aliphatic rings. The predicted octanol–water partition coefficient (Wildman–Crippen LogP) is 3.07. The van der Waals surface area contributed by atoms with Crippen molar-refractivity contribution in [2.45, 2.75) is 56.3 Å². The fourth-order valence-corrected chi connectivity index (χ4v) is 3.62. The summed E-state index contributed by atoms with van der Waals surface area (Å²) in [6.07, 6.45) is 1.77. The molecular weight excluding hydrogens is 392 g/mol. The first-order valence-corrected chi connectivity index (χ1v) is 9.48. The molecule has 2 atom stereocenters. The molecule has 0 unspecified atom stereocenters. The number of aromatic nitrogens is 2. The molecule has 1 aromatic carbocycles. The van der Waals surface area contributed by atoms with Crippen molar-refractivity contribution in [3.05, 3.63) is 46.9 Å². The van der Waals surface area contributed by atoms with E-state index in [-0.39, 0.29) is 36.0 Å². The van der Waals surface area contributed by atoms with Gasteiger partial charge in [0.2, 0.25) is 17.6 Å². The largest absolute Gasteiger partial charge is 0.337 e. The maximum atomic E-state index is 14.1. The van der Waals surface area contributed by atoms with Crippen LogP contribution in [-0.4, -0.2) is 33.5 Å². The van der Waals surface area contributed by atoms with Gasteiger partial charge in [-0.2, -0.15) is 4.98 Å². The number of hydrogen-bond donors (Lipinski definition) is 1. The third kappa shape index (κ3) is 3.98. The van der Waals surface area contributed by atoms with E-state index < -0.39 is 35.2 Å². The first-order valence-electron chi connectivity index (χ1n) is 9.48. The molecule has 1 aliphatic heterocycles. The molecular formula is C19H20F4N4O2. The summed E-state index contributed by atoms with van der Waals surface area (Å²) in [6, 6.07) is -0.0428. The van der Waals surface area contributed by atoms with E-state index in [9.17, 15) is 22.4 Å². The van der Waals surface area contributed by atoms with E-state index in [4.69, 9.17) is 10.3 Å². The summed E-state index contributed by atoms with van der Waals surface area (Å²) in [7, 11) is 0. The Labute approximate surface area is 164 Å². The fourth-order valence-electron chi connectivity index (χ4n) is 3.62. The molecule has 4 rings (SSSR count). The lowest BCUT2D eigenvalue weighted by Crippen LogP contribution is -2.36. The highest BCUT2D eigenvalue weighted by Crippen LogP contribution is 2.48. The van der Waals surface area contributed by atoms with Gasteiger partial charge in [0, 0.05) is 25.1 Å². The summed E-state index contributed by atoms with van der Waals surface area (Å²) in [6.45, 7) is 0.453. The zero-order chi connectivity index (χ0) is 20.8. The Bertz CT molecular complexity index is 931. The van der Waals surface area contributed by atoms with Crippen molar-refractivity contribution in [2.24, 2.45) is 5.73 Å². The van der Waals surface area contributed by atoms with Gasteiger partial charge in [-0.15, -0.1) is 0 Å². The number of carbonyl (C=O) groups excluding carboxylic acids is 1. The minimum atomic E-state index is -1.52. The standard InChI is InChI=1S/C19H20F4N4O2/c20-12-9-14(22)13(21)7-10(12)6-11(24)8-16(28)27-5-1-2-15(27)17-25-18(26-29-17)19(23)3-4-19/h7,9,11,15H,1-6,8,24H2/t11-,15+/m1/s1. The van der Waals surface area contributed by atoms with Gasteiger partial charge in [-0.25, -0.2) is 17.6 Å². The monoisotopic (exact) mass is 412 g/mol. The van der Waals surface area contributed by atoms with Crippen LogP contribution >= 0.6 is 0 Å². The van der Waals surface area contributed by atoms with Crippen molar-refractivity contribution in [2.75, 3.05) is 6.54 Å². The highest BCUT2D eigenvalue weighted by atomic mass is 19.2. The number of carbonyl (C=O) groups is 1. The second-order valence-electron chi connectivity index (χ2n) is 7.69. The normalized spacial score (nSPS) is 21.4. The van der Waals surface area contributed by atoms with E-state index in [0.717, 1.165) is 6.07 Å². The Morgan fingerprint density at radius 1 is 1.28 bits per heavy atom. The molecule has 10 heteroatoms. The number of halogens is 4. The van der Waals surface area contributed by atoms with Crippen LogP contribution in [0.2, 0.25) is 0 Å². The topological polar surface area (TPSA) is 85.3 Å². The average Bonchev–Trinajstić information content (AvgIpc) is 3.10. The molecule has 1 aliphatic carbocycles. The average molecular weight is 412 g/mol. The van der Waals surface area contributed by atoms with Crippen molar-refractivity contribution in [3.8, 4) is 0 Å². The molecule has 29 heavy (non-hydrogen) atoms. The molecule has 2 N–H and O–H groups in total. The van der Waals surface area contributed by atoms with Crippen LogP contribution in [0.25, 0.3) is 0 Å². The van der Waals surface area contributed by atoms with Crippen molar-refractivity contribution >= 4 is 5.91 Å². The zero-order valence-electron chi connectivity index (χ0n) is 15.5. The Balaban J connectivity index is 1.41. The lowest BCUT2D eigenvalue weighted by molar-refractivity contribution is -0.132. The molecule has 2 aromatic rings. The molecule has 1 saturated carbocycles. The minimum Gasteiger partial charge on any atom is -0.337 e. The number of hydrogen-bond acceptors (Lipinski definition) is 5. The highest BCUT2D eigenvalue weighted by molar-refractivity contribution is 5.77. The predicted molar refractivity (Wildman–Crippen MR) is 92.6 cm³/mol. The number of benzene rings is 1. The van der Waals surface area contributed by atoms with E-state index in [1.54, 1.807) is 0 Å². The lowest BCUT2D eigenvalue weighted by Gasteiger charge is -2.23. The van der Waals surface area contributed by atoms with Crippen LogP contribution in [0.3, 0.4) is 0 Å². The van der Waals surface area contributed by atoms with Crippen LogP contribution in [-0.2, 0) is 16.9 Å². The number of likely N-dealkylation sites (tertiary alicyclic amines) is 1. The van der Waals surface area contributed by atoms with Crippen molar-refractivity contribution in [1.82, 2.24) is 15.0 Å². The van der Waals surface area contributed by atoms with E-state index >= 15 is 0 Å². The van der Waals surface area contributed by atoms with Gasteiger partial charge >= 0.3 is 0 Å². The van der Waals surface area contributed by atoms with Crippen LogP contribution in [0.5, 0.6) is 0 Å². The molecule has 1 saturated heterocycles. The molecule has 6 nitrogen and oxygen atoms in total. The van der Waals surface area contributed by atoms with Gasteiger partial charge in [-0.3, -0.25) is 4.79 Å². The van der Waals surface area contributed by atoms with Crippen molar-refractivity contribution < 1.29 is 26.9 Å². The summed E-state index contributed by atoms with van der Waals surface area (Å²) in [5.74, 6) is -3.47. The van der Waals surface area contributed by atoms with Crippen LogP contribution in [0.15, 0.2) is 16.7 Å². The molecule has 2 fully saturated rings. The van der Waals surface area contributed by atoms with Gasteiger partial charge in [-0.1, -0.05) is 5.16 Å². The number of nitrogens with zero attached hydrogens (tertiary/aromatic N) is 3. The molecule has 1 aromatic heterocycles. The van der Waals surface area contributed by atoms with Crippen molar-refractivity contribution in [3.63, 3.8) is 0 Å². The maximum Gasteiger partial charge on any atom is 0.249 e. The first kappa shape index (κ1) is 19.8. The summed E-state index contributed by atoms with van der Waals surface area (Å²) in [4.78, 5) is 18.4. The molecule has 0 radical (unpaired) electrons. The number of alkyl halides is 1. The Kier molecular flexibility index (Phi) is 5.05.